The fourth-order valence-corrected chi connectivity index (χ4v) is 21.3. The van der Waals surface area contributed by atoms with Gasteiger partial charge in [0.05, 0.1) is 33.1 Å². The first-order valence-electron chi connectivity index (χ1n) is 50.1. The van der Waals surface area contributed by atoms with E-state index in [2.05, 4.69) is 378 Å². The Morgan fingerprint density at radius 1 is 0.127 bits per heavy atom. The van der Waals surface area contributed by atoms with Crippen LogP contribution in [0.5, 0.6) is 0 Å². The van der Waals surface area contributed by atoms with E-state index in [-0.39, 0.29) is 0 Å². The Kier molecular flexibility index (Phi) is 21.5. The van der Waals surface area contributed by atoms with Crippen molar-refractivity contribution < 1.29 is 13.3 Å². The summed E-state index contributed by atoms with van der Waals surface area (Å²) in [7, 11) is 0. The first-order valence-corrected chi connectivity index (χ1v) is 50.1. The largest absolute Gasteiger partial charge is 0.456 e. The van der Waals surface area contributed by atoms with Crippen molar-refractivity contribution in [1.29, 1.82) is 0 Å². The summed E-state index contributed by atoms with van der Waals surface area (Å²) in [5.74, 6) is 5.43. The molecule has 30 rings (SSSR count). The summed E-state index contributed by atoms with van der Waals surface area (Å²) in [6.45, 7) is 0. The summed E-state index contributed by atoms with van der Waals surface area (Å²) in [6.07, 6.45) is 0. The average Bonchev–Trinajstić information content (AvgIpc) is 1.59. The molecule has 150 heavy (non-hydrogen) atoms. The maximum atomic E-state index is 6.46. The topological polar surface area (TPSA) is 170 Å². The standard InChI is InChI=1S/3C45H28N4O/c1-3-13-29(14-4-1)34-21-12-24-40-42(34)37-26-25-32(28-41(37)50-40)45-47-43(30-15-5-2-6-16-30)46-44(48-45)31-17-11-18-33(27-31)49-38-22-9-7-19-35(38)36-20-8-10-23-39(36)49;1-3-11-29(12-4-1)32-22-26-40-38(27-32)35-15-7-9-17-39(35)49(40)34-23-19-31(20-24-34)44-46-43(30-13-5-2-6-14-30)47-45(48-44)33-21-25-37-36-16-8-10-18-41(36)50-42(37)28-33;1-2-12-29(13-3-1)30-24-26-31(27-25-30)43-46-44(48-45(47-43)37-19-11-23-41-42(37)36-18-6-9-22-40(36)50-41)32-14-10-15-33(28-32)49-38-20-7-4-16-34(38)35-17-5-8-21-39(35)49/h3*1-28H. The second-order valence-electron chi connectivity index (χ2n) is 37.4. The third kappa shape index (κ3) is 15.8. The van der Waals surface area contributed by atoms with Gasteiger partial charge in [-0.25, -0.2) is 44.9 Å². The highest BCUT2D eigenvalue weighted by Crippen LogP contribution is 2.45. The van der Waals surface area contributed by atoms with Crippen LogP contribution >= 0.6 is 0 Å². The number of rotatable bonds is 15. The SMILES string of the molecule is c1ccc(-c2ccc(-c3nc(-c4cccc(-n5c6ccccc6c6ccccc65)c4)nc(-c4cccc5oc6ccccc6c45)n3)cc2)cc1.c1ccc(-c2ccc3c(c2)c2ccccc2n3-c2ccc(-c3nc(-c4ccccc4)nc(-c4ccc5c(c4)oc4ccccc45)n3)cc2)cc1.c1ccc(-c2nc(-c3cccc(-n4c5ccccc5c5ccccc54)c3)nc(-c3ccc4c(c3)oc3cccc(-c5ccccc5)c34)n2)cc1. The minimum Gasteiger partial charge on any atom is -0.456 e. The Balaban J connectivity index is 0.000000108. The molecule has 0 spiro atoms. The van der Waals surface area contributed by atoms with E-state index in [1.165, 1.54) is 43.4 Å². The summed E-state index contributed by atoms with van der Waals surface area (Å²) in [5, 5.41) is 13.7. The summed E-state index contributed by atoms with van der Waals surface area (Å²) < 4.78 is 25.9. The molecule has 0 saturated carbocycles. The van der Waals surface area contributed by atoms with Gasteiger partial charge in [0.15, 0.2) is 52.4 Å². The number of hydrogen-bond donors (Lipinski definition) is 0. The van der Waals surface area contributed by atoms with E-state index in [0.717, 1.165) is 188 Å². The van der Waals surface area contributed by atoms with Crippen molar-refractivity contribution in [2.24, 2.45) is 0 Å². The third-order valence-electron chi connectivity index (χ3n) is 28.4. The minimum absolute atomic E-state index is 0.585. The van der Waals surface area contributed by atoms with Crippen molar-refractivity contribution >= 4 is 131 Å². The number of fused-ring (bicyclic) bond motifs is 18. The molecule has 0 aliphatic rings. The number of nitrogens with zero attached hydrogens (tertiary/aromatic N) is 12. The third-order valence-corrected chi connectivity index (χ3v) is 28.4. The molecule has 0 unspecified atom stereocenters. The van der Waals surface area contributed by atoms with Gasteiger partial charge in [-0.1, -0.05) is 370 Å². The predicted molar refractivity (Wildman–Crippen MR) is 610 cm³/mol. The Labute approximate surface area is 859 Å². The molecule has 0 aliphatic carbocycles. The number of benzene rings is 21. The van der Waals surface area contributed by atoms with Gasteiger partial charge in [-0.2, -0.15) is 0 Å². The zero-order chi connectivity index (χ0) is 99.1. The lowest BCUT2D eigenvalue weighted by Gasteiger charge is -2.12. The maximum Gasteiger partial charge on any atom is 0.164 e. The van der Waals surface area contributed by atoms with E-state index >= 15 is 0 Å². The van der Waals surface area contributed by atoms with E-state index in [1.807, 2.05) is 146 Å². The van der Waals surface area contributed by atoms with Crippen LogP contribution in [0.4, 0.5) is 0 Å². The molecule has 15 heteroatoms. The predicted octanol–water partition coefficient (Wildman–Crippen LogP) is 34.6. The summed E-state index contributed by atoms with van der Waals surface area (Å²) in [4.78, 5) is 45.5. The molecule has 702 valence electrons. The van der Waals surface area contributed by atoms with Crippen LogP contribution in [0.2, 0.25) is 0 Å². The molecule has 30 aromatic rings. The van der Waals surface area contributed by atoms with Crippen LogP contribution in [0.1, 0.15) is 0 Å². The van der Waals surface area contributed by atoms with E-state index in [0.29, 0.717) is 52.4 Å². The van der Waals surface area contributed by atoms with Crippen LogP contribution < -0.4 is 0 Å². The second-order valence-corrected chi connectivity index (χ2v) is 37.4. The highest BCUT2D eigenvalue weighted by atomic mass is 16.3. The second kappa shape index (κ2) is 37.0. The number of hydrogen-bond acceptors (Lipinski definition) is 12. The van der Waals surface area contributed by atoms with Gasteiger partial charge in [-0.05, 0) is 173 Å². The fraction of sp³-hybridized carbons (Fsp3) is 0. The molecule has 0 saturated heterocycles. The van der Waals surface area contributed by atoms with Crippen molar-refractivity contribution in [3.63, 3.8) is 0 Å². The van der Waals surface area contributed by atoms with Crippen molar-refractivity contribution in [1.82, 2.24) is 58.6 Å². The number of furan rings is 3. The first kappa shape index (κ1) is 87.3. The van der Waals surface area contributed by atoms with Gasteiger partial charge >= 0.3 is 0 Å². The molecule has 0 atom stereocenters. The molecular weight excluding hydrogens is 1840 g/mol. The van der Waals surface area contributed by atoms with Crippen molar-refractivity contribution in [2.45, 2.75) is 0 Å². The fourth-order valence-electron chi connectivity index (χ4n) is 21.3. The zero-order valence-electron chi connectivity index (χ0n) is 80.6. The van der Waals surface area contributed by atoms with Crippen LogP contribution in [-0.4, -0.2) is 58.6 Å². The molecule has 0 radical (unpaired) electrons. The molecule has 0 amide bonds. The van der Waals surface area contributed by atoms with Crippen molar-refractivity contribution in [3.05, 3.63) is 510 Å². The lowest BCUT2D eigenvalue weighted by molar-refractivity contribution is 0.668. The van der Waals surface area contributed by atoms with Gasteiger partial charge in [0.25, 0.3) is 0 Å². The van der Waals surface area contributed by atoms with Crippen LogP contribution in [0.25, 0.3) is 284 Å². The lowest BCUT2D eigenvalue weighted by Crippen LogP contribution is -2.01. The summed E-state index contributed by atoms with van der Waals surface area (Å²) in [6, 6.07) is 176. The van der Waals surface area contributed by atoms with Gasteiger partial charge in [-0.3, -0.25) is 0 Å². The number of aromatic nitrogens is 12. The molecule has 21 aromatic carbocycles. The molecule has 9 heterocycles. The highest BCUT2D eigenvalue weighted by Gasteiger charge is 2.26. The van der Waals surface area contributed by atoms with E-state index < -0.39 is 0 Å². The average molecular weight is 1920 g/mol. The molecule has 0 bridgehead atoms. The highest BCUT2D eigenvalue weighted by molar-refractivity contribution is 6.16. The van der Waals surface area contributed by atoms with Gasteiger partial charge in [-0.15, -0.1) is 0 Å². The molecule has 0 N–H and O–H groups in total. The monoisotopic (exact) mass is 1920 g/mol. The molecule has 0 aliphatic heterocycles. The molecule has 15 nitrogen and oxygen atoms in total. The van der Waals surface area contributed by atoms with E-state index in [9.17, 15) is 0 Å². The lowest BCUT2D eigenvalue weighted by atomic mass is 9.99. The minimum atomic E-state index is 0.585. The Hall–Kier alpha value is -20.5. The van der Waals surface area contributed by atoms with Crippen LogP contribution in [-0.2, 0) is 0 Å². The number of para-hydroxylation sites is 7. The summed E-state index contributed by atoms with van der Waals surface area (Å²) in [5.41, 5.74) is 30.2. The zero-order valence-corrected chi connectivity index (χ0v) is 80.6. The summed E-state index contributed by atoms with van der Waals surface area (Å²) >= 11 is 0. The Bertz CT molecular complexity index is 10400. The molecule has 0 fully saturated rings. The van der Waals surface area contributed by atoms with Gasteiger partial charge < -0.3 is 27.0 Å². The van der Waals surface area contributed by atoms with E-state index in [1.54, 1.807) is 0 Å². The van der Waals surface area contributed by atoms with Gasteiger partial charge in [0.2, 0.25) is 0 Å². The van der Waals surface area contributed by atoms with Crippen LogP contribution in [0, 0.1) is 0 Å². The van der Waals surface area contributed by atoms with E-state index in [4.69, 9.17) is 58.1 Å². The van der Waals surface area contributed by atoms with Crippen molar-refractivity contribution in [3.8, 4) is 153 Å². The molecular formula is C135H84N12O3. The maximum absolute atomic E-state index is 6.46. The Morgan fingerprint density at radius 2 is 0.387 bits per heavy atom. The normalized spacial score (nSPS) is 11.6. The van der Waals surface area contributed by atoms with Crippen molar-refractivity contribution in [2.75, 3.05) is 0 Å². The van der Waals surface area contributed by atoms with Crippen LogP contribution in [0.15, 0.2) is 523 Å². The first-order chi connectivity index (χ1) is 74.3. The quantitative estimate of drug-likeness (QED) is 0.0953. The Morgan fingerprint density at radius 3 is 0.860 bits per heavy atom. The van der Waals surface area contributed by atoms with Gasteiger partial charge in [0, 0.05) is 132 Å². The molecule has 9 aromatic heterocycles. The van der Waals surface area contributed by atoms with Gasteiger partial charge in [0.1, 0.15) is 33.5 Å². The van der Waals surface area contributed by atoms with Crippen LogP contribution in [0.3, 0.4) is 0 Å². The smallest absolute Gasteiger partial charge is 0.164 e.